The number of likely N-dealkylation sites (N-methyl/N-ethyl adjacent to an activating group) is 1. The molecule has 0 aliphatic heterocycles. The minimum Gasteiger partial charge on any atom is -0.347 e. The van der Waals surface area contributed by atoms with E-state index in [0.29, 0.717) is 22.6 Å². The second kappa shape index (κ2) is 5.40. The fraction of sp³-hybridized carbons (Fsp3) is 0.467. The Labute approximate surface area is 128 Å². The van der Waals surface area contributed by atoms with Crippen molar-refractivity contribution in [3.05, 3.63) is 23.7 Å². The number of carbonyl (C=O) groups excluding carboxylic acids is 2. The van der Waals surface area contributed by atoms with Gasteiger partial charge in [-0.3, -0.25) is 9.59 Å². The molecule has 1 aliphatic carbocycles. The van der Waals surface area contributed by atoms with Crippen LogP contribution in [0.4, 0.5) is 0 Å². The summed E-state index contributed by atoms with van der Waals surface area (Å²) in [6.45, 7) is 1.66. The Morgan fingerprint density at radius 2 is 2.14 bits per heavy atom. The summed E-state index contributed by atoms with van der Waals surface area (Å²) in [5, 5.41) is 2.70. The highest BCUT2D eigenvalue weighted by Gasteiger charge is 2.27. The molecule has 2 N–H and O–H groups in total. The maximum Gasteiger partial charge on any atom is 0.255 e. The Hall–Kier alpha value is -2.44. The Kier molecular flexibility index (Phi) is 3.56. The predicted octanol–water partition coefficient (Wildman–Crippen LogP) is 1.04. The minimum atomic E-state index is -0.591. The van der Waals surface area contributed by atoms with Crippen LogP contribution in [0, 0.1) is 0 Å². The van der Waals surface area contributed by atoms with Crippen molar-refractivity contribution in [2.45, 2.75) is 31.7 Å². The molecule has 0 bridgehead atoms. The van der Waals surface area contributed by atoms with Crippen molar-refractivity contribution in [3.63, 3.8) is 0 Å². The first kappa shape index (κ1) is 14.5. The highest BCUT2D eigenvalue weighted by molar-refractivity contribution is 6.05. The molecular weight excluding hydrogens is 282 g/mol. The standard InChI is InChI=1S/C15H19N5O2/c1-8(15(22)20(2)3)18-14(21)10-6-16-13-12(10)19-11(7-17-13)9-4-5-9/h6-9H,4-5H2,1-3H3,(H,16,17)(H,18,21)/t8-/m0/s1. The number of nitrogens with one attached hydrogen (secondary N) is 2. The van der Waals surface area contributed by atoms with Gasteiger partial charge in [-0.15, -0.1) is 0 Å². The first-order chi connectivity index (χ1) is 10.5. The van der Waals surface area contributed by atoms with Crippen molar-refractivity contribution in [2.24, 2.45) is 0 Å². The molecule has 1 atom stereocenters. The maximum absolute atomic E-state index is 12.4. The van der Waals surface area contributed by atoms with Gasteiger partial charge >= 0.3 is 0 Å². The van der Waals surface area contributed by atoms with E-state index >= 15 is 0 Å². The van der Waals surface area contributed by atoms with Crippen LogP contribution in [0.3, 0.4) is 0 Å². The minimum absolute atomic E-state index is 0.155. The SMILES string of the molecule is C[C@H](NC(=O)c1c[nH]c2ncc(C3CC3)nc12)C(=O)N(C)C. The van der Waals surface area contributed by atoms with Gasteiger partial charge in [0.15, 0.2) is 5.65 Å². The Balaban J connectivity index is 1.84. The van der Waals surface area contributed by atoms with E-state index in [4.69, 9.17) is 0 Å². The van der Waals surface area contributed by atoms with Crippen LogP contribution in [0.2, 0.25) is 0 Å². The van der Waals surface area contributed by atoms with Gasteiger partial charge in [0.05, 0.1) is 17.5 Å². The average molecular weight is 301 g/mol. The molecule has 0 unspecified atom stereocenters. The molecule has 2 aromatic rings. The molecule has 7 nitrogen and oxygen atoms in total. The van der Waals surface area contributed by atoms with Gasteiger partial charge in [-0.05, 0) is 19.8 Å². The summed E-state index contributed by atoms with van der Waals surface area (Å²) < 4.78 is 0. The number of amides is 2. The van der Waals surface area contributed by atoms with Gasteiger partial charge < -0.3 is 15.2 Å². The van der Waals surface area contributed by atoms with Gasteiger partial charge in [-0.2, -0.15) is 0 Å². The second-order valence-electron chi connectivity index (χ2n) is 5.90. The summed E-state index contributed by atoms with van der Waals surface area (Å²) in [5.41, 5.74) is 2.49. The summed E-state index contributed by atoms with van der Waals surface area (Å²) in [4.78, 5) is 37.5. The molecule has 22 heavy (non-hydrogen) atoms. The molecule has 0 saturated heterocycles. The summed E-state index contributed by atoms with van der Waals surface area (Å²) in [6, 6.07) is -0.591. The van der Waals surface area contributed by atoms with Crippen molar-refractivity contribution in [2.75, 3.05) is 14.1 Å². The Bertz CT molecular complexity index is 733. The number of aromatic nitrogens is 3. The van der Waals surface area contributed by atoms with Crippen LogP contribution < -0.4 is 5.32 Å². The van der Waals surface area contributed by atoms with E-state index in [1.165, 1.54) is 4.90 Å². The van der Waals surface area contributed by atoms with Gasteiger partial charge in [0, 0.05) is 26.2 Å². The zero-order chi connectivity index (χ0) is 15.9. The number of H-pyrrole nitrogens is 1. The number of fused-ring (bicyclic) bond motifs is 1. The van der Waals surface area contributed by atoms with Gasteiger partial charge in [0.25, 0.3) is 5.91 Å². The monoisotopic (exact) mass is 301 g/mol. The average Bonchev–Trinajstić information content (AvgIpc) is 3.25. The Morgan fingerprint density at radius 1 is 1.41 bits per heavy atom. The highest BCUT2D eigenvalue weighted by Crippen LogP contribution is 2.39. The molecule has 2 amide bonds. The summed E-state index contributed by atoms with van der Waals surface area (Å²) in [5.74, 6) is -0.00824. The van der Waals surface area contributed by atoms with Crippen molar-refractivity contribution < 1.29 is 9.59 Å². The van der Waals surface area contributed by atoms with Crippen molar-refractivity contribution in [3.8, 4) is 0 Å². The number of carbonyl (C=O) groups is 2. The van der Waals surface area contributed by atoms with Crippen LogP contribution in [-0.2, 0) is 4.79 Å². The lowest BCUT2D eigenvalue weighted by Crippen LogP contribution is -2.44. The normalized spacial score (nSPS) is 15.6. The molecule has 0 spiro atoms. The quantitative estimate of drug-likeness (QED) is 0.883. The molecule has 7 heteroatoms. The fourth-order valence-electron chi connectivity index (χ4n) is 2.38. The third-order valence-corrected chi connectivity index (χ3v) is 3.80. The van der Waals surface area contributed by atoms with Gasteiger partial charge in [-0.1, -0.05) is 0 Å². The van der Waals surface area contributed by atoms with E-state index in [1.54, 1.807) is 33.4 Å². The first-order valence-electron chi connectivity index (χ1n) is 7.33. The predicted molar refractivity (Wildman–Crippen MR) is 81.5 cm³/mol. The lowest BCUT2D eigenvalue weighted by molar-refractivity contribution is -0.130. The molecule has 0 radical (unpaired) electrons. The number of hydrogen-bond donors (Lipinski definition) is 2. The van der Waals surface area contributed by atoms with Crippen LogP contribution in [0.5, 0.6) is 0 Å². The fourth-order valence-corrected chi connectivity index (χ4v) is 2.38. The molecule has 116 valence electrons. The molecule has 3 rings (SSSR count). The van der Waals surface area contributed by atoms with Crippen molar-refractivity contribution in [1.29, 1.82) is 0 Å². The molecule has 2 heterocycles. The topological polar surface area (TPSA) is 91.0 Å². The van der Waals surface area contributed by atoms with E-state index in [1.807, 2.05) is 0 Å². The zero-order valence-electron chi connectivity index (χ0n) is 12.9. The van der Waals surface area contributed by atoms with Crippen LogP contribution in [0.25, 0.3) is 11.2 Å². The molecule has 0 aromatic carbocycles. The molecule has 1 aliphatic rings. The lowest BCUT2D eigenvalue weighted by Gasteiger charge is -2.17. The Morgan fingerprint density at radius 3 is 2.77 bits per heavy atom. The van der Waals surface area contributed by atoms with Crippen LogP contribution in [0.1, 0.15) is 41.7 Å². The van der Waals surface area contributed by atoms with E-state index < -0.39 is 6.04 Å². The first-order valence-corrected chi connectivity index (χ1v) is 7.33. The molecule has 1 saturated carbocycles. The van der Waals surface area contributed by atoms with Gasteiger partial charge in [-0.25, -0.2) is 9.97 Å². The van der Waals surface area contributed by atoms with E-state index in [9.17, 15) is 9.59 Å². The van der Waals surface area contributed by atoms with Crippen LogP contribution in [0.15, 0.2) is 12.4 Å². The molecule has 1 fully saturated rings. The number of nitrogens with zero attached hydrogens (tertiary/aromatic N) is 3. The van der Waals surface area contributed by atoms with Crippen molar-refractivity contribution >= 4 is 23.0 Å². The van der Waals surface area contributed by atoms with Crippen molar-refractivity contribution in [1.82, 2.24) is 25.2 Å². The molecule has 2 aromatic heterocycles. The highest BCUT2D eigenvalue weighted by atomic mass is 16.2. The van der Waals surface area contributed by atoms with Crippen LogP contribution >= 0.6 is 0 Å². The number of hydrogen-bond acceptors (Lipinski definition) is 4. The molecular formula is C15H19N5O2. The van der Waals surface area contributed by atoms with Crippen LogP contribution in [-0.4, -0.2) is 51.8 Å². The van der Waals surface area contributed by atoms with E-state index in [0.717, 1.165) is 18.5 Å². The second-order valence-corrected chi connectivity index (χ2v) is 5.90. The third kappa shape index (κ3) is 2.66. The van der Waals surface area contributed by atoms with Gasteiger partial charge in [0.2, 0.25) is 5.91 Å². The zero-order valence-corrected chi connectivity index (χ0v) is 12.9. The smallest absolute Gasteiger partial charge is 0.255 e. The largest absolute Gasteiger partial charge is 0.347 e. The van der Waals surface area contributed by atoms with E-state index in [-0.39, 0.29) is 11.8 Å². The lowest BCUT2D eigenvalue weighted by atomic mass is 10.2. The summed E-state index contributed by atoms with van der Waals surface area (Å²) >= 11 is 0. The summed E-state index contributed by atoms with van der Waals surface area (Å²) in [6.07, 6.45) is 5.60. The third-order valence-electron chi connectivity index (χ3n) is 3.80. The summed E-state index contributed by atoms with van der Waals surface area (Å²) in [7, 11) is 3.31. The van der Waals surface area contributed by atoms with Gasteiger partial charge in [0.1, 0.15) is 11.6 Å². The van der Waals surface area contributed by atoms with E-state index in [2.05, 4.69) is 20.3 Å². The number of rotatable bonds is 4. The number of aromatic amines is 1. The maximum atomic E-state index is 12.4.